The molecule has 0 atom stereocenters. The molecule has 0 aliphatic heterocycles. The van der Waals surface area contributed by atoms with Crippen molar-refractivity contribution in [2.45, 2.75) is 13.1 Å². The lowest BCUT2D eigenvalue weighted by Crippen LogP contribution is -2.16. The van der Waals surface area contributed by atoms with Crippen LogP contribution in [0.5, 0.6) is 5.88 Å². The van der Waals surface area contributed by atoms with Crippen LogP contribution in [0, 0.1) is 0 Å². The van der Waals surface area contributed by atoms with Crippen LogP contribution in [0.3, 0.4) is 0 Å². The summed E-state index contributed by atoms with van der Waals surface area (Å²) >= 11 is 1.50. The molecule has 0 aliphatic carbocycles. The van der Waals surface area contributed by atoms with Crippen molar-refractivity contribution >= 4 is 11.5 Å². The zero-order valence-electron chi connectivity index (χ0n) is 10.1. The quantitative estimate of drug-likeness (QED) is 0.813. The fourth-order valence-corrected chi connectivity index (χ4v) is 2.45. The van der Waals surface area contributed by atoms with Gasteiger partial charge < -0.3 is 4.74 Å². The van der Waals surface area contributed by atoms with Gasteiger partial charge in [-0.05, 0) is 24.1 Å². The molecular formula is C13H16N2OS. The summed E-state index contributed by atoms with van der Waals surface area (Å²) < 4.78 is 9.26. The second kappa shape index (κ2) is 5.80. The summed E-state index contributed by atoms with van der Waals surface area (Å²) in [6.07, 6.45) is 0. The molecule has 0 amide bonds. The van der Waals surface area contributed by atoms with Gasteiger partial charge in [-0.1, -0.05) is 30.3 Å². The lowest BCUT2D eigenvalue weighted by atomic mass is 10.2. The molecule has 0 fully saturated rings. The SMILES string of the molecule is COc1cc(CN(C)Cc2ccccc2)sn1. The highest BCUT2D eigenvalue weighted by atomic mass is 32.1. The Morgan fingerprint density at radius 1 is 1.24 bits per heavy atom. The number of aromatic nitrogens is 1. The molecule has 90 valence electrons. The largest absolute Gasteiger partial charge is 0.480 e. The molecule has 17 heavy (non-hydrogen) atoms. The van der Waals surface area contributed by atoms with E-state index >= 15 is 0 Å². The Labute approximate surface area is 106 Å². The van der Waals surface area contributed by atoms with Gasteiger partial charge in [-0.25, -0.2) is 0 Å². The standard InChI is InChI=1S/C13H16N2OS/c1-15(9-11-6-4-3-5-7-11)10-12-8-13(16-2)14-17-12/h3-8H,9-10H2,1-2H3. The fraction of sp³-hybridized carbons (Fsp3) is 0.308. The third kappa shape index (κ3) is 3.54. The summed E-state index contributed by atoms with van der Waals surface area (Å²) in [5.74, 6) is 0.707. The molecule has 1 aromatic heterocycles. The molecule has 0 saturated heterocycles. The van der Waals surface area contributed by atoms with Crippen LogP contribution in [0.4, 0.5) is 0 Å². The molecule has 1 heterocycles. The number of rotatable bonds is 5. The Bertz CT molecular complexity index is 455. The van der Waals surface area contributed by atoms with E-state index in [1.807, 2.05) is 12.1 Å². The summed E-state index contributed by atoms with van der Waals surface area (Å²) in [5, 5.41) is 0. The van der Waals surface area contributed by atoms with E-state index < -0.39 is 0 Å². The first kappa shape index (κ1) is 12.1. The van der Waals surface area contributed by atoms with Gasteiger partial charge in [0.2, 0.25) is 5.88 Å². The van der Waals surface area contributed by atoms with Gasteiger partial charge in [0.1, 0.15) is 0 Å². The number of nitrogens with zero attached hydrogens (tertiary/aromatic N) is 2. The van der Waals surface area contributed by atoms with Crippen LogP contribution in [-0.4, -0.2) is 23.4 Å². The third-order valence-electron chi connectivity index (χ3n) is 2.47. The second-order valence-corrected chi connectivity index (χ2v) is 4.88. The molecule has 2 rings (SSSR count). The first-order chi connectivity index (χ1) is 8.28. The molecule has 3 nitrogen and oxygen atoms in total. The van der Waals surface area contributed by atoms with Crippen LogP contribution in [0.15, 0.2) is 36.4 Å². The van der Waals surface area contributed by atoms with Gasteiger partial charge in [0.05, 0.1) is 7.11 Å². The molecule has 1 aromatic carbocycles. The minimum atomic E-state index is 0.707. The lowest BCUT2D eigenvalue weighted by Gasteiger charge is -2.15. The first-order valence-corrected chi connectivity index (χ1v) is 6.27. The van der Waals surface area contributed by atoms with Crippen molar-refractivity contribution < 1.29 is 4.74 Å². The summed E-state index contributed by atoms with van der Waals surface area (Å²) in [6.45, 7) is 1.84. The van der Waals surface area contributed by atoms with E-state index in [4.69, 9.17) is 4.74 Å². The lowest BCUT2D eigenvalue weighted by molar-refractivity contribution is 0.321. The molecule has 2 aromatic rings. The monoisotopic (exact) mass is 248 g/mol. The molecule has 0 spiro atoms. The van der Waals surface area contributed by atoms with E-state index in [2.05, 4.69) is 40.6 Å². The average molecular weight is 248 g/mol. The highest BCUT2D eigenvalue weighted by Crippen LogP contribution is 2.18. The Morgan fingerprint density at radius 3 is 2.65 bits per heavy atom. The van der Waals surface area contributed by atoms with Crippen LogP contribution in [-0.2, 0) is 13.1 Å². The van der Waals surface area contributed by atoms with Gasteiger partial charge in [0, 0.05) is 24.0 Å². The van der Waals surface area contributed by atoms with E-state index in [9.17, 15) is 0 Å². The Kier molecular flexibility index (Phi) is 4.12. The number of hydrogen-bond donors (Lipinski definition) is 0. The van der Waals surface area contributed by atoms with Gasteiger partial charge >= 0.3 is 0 Å². The molecule has 0 aliphatic rings. The summed E-state index contributed by atoms with van der Waals surface area (Å²) in [4.78, 5) is 3.49. The predicted octanol–water partition coefficient (Wildman–Crippen LogP) is 2.78. The van der Waals surface area contributed by atoms with E-state index in [0.717, 1.165) is 13.1 Å². The van der Waals surface area contributed by atoms with Crippen LogP contribution < -0.4 is 4.74 Å². The predicted molar refractivity (Wildman–Crippen MR) is 70.3 cm³/mol. The molecule has 0 radical (unpaired) electrons. The summed E-state index contributed by atoms with van der Waals surface area (Å²) in [5.41, 5.74) is 1.33. The van der Waals surface area contributed by atoms with E-state index in [-0.39, 0.29) is 0 Å². The van der Waals surface area contributed by atoms with E-state index in [1.165, 1.54) is 22.0 Å². The van der Waals surface area contributed by atoms with E-state index in [1.54, 1.807) is 7.11 Å². The maximum absolute atomic E-state index is 5.08. The Hall–Kier alpha value is -1.39. The Morgan fingerprint density at radius 2 is 2.00 bits per heavy atom. The molecule has 0 unspecified atom stereocenters. The van der Waals surface area contributed by atoms with Crippen LogP contribution in [0.1, 0.15) is 10.4 Å². The highest BCUT2D eigenvalue weighted by molar-refractivity contribution is 7.05. The minimum absolute atomic E-state index is 0.707. The maximum atomic E-state index is 5.08. The highest BCUT2D eigenvalue weighted by Gasteiger charge is 2.05. The molecule has 4 heteroatoms. The number of hydrogen-bond acceptors (Lipinski definition) is 4. The van der Waals surface area contributed by atoms with Crippen molar-refractivity contribution in [2.75, 3.05) is 14.2 Å². The number of ether oxygens (including phenoxy) is 1. The zero-order chi connectivity index (χ0) is 12.1. The van der Waals surface area contributed by atoms with Crippen molar-refractivity contribution in [3.63, 3.8) is 0 Å². The topological polar surface area (TPSA) is 25.4 Å². The maximum Gasteiger partial charge on any atom is 0.225 e. The number of benzene rings is 1. The van der Waals surface area contributed by atoms with Crippen LogP contribution >= 0.6 is 11.5 Å². The minimum Gasteiger partial charge on any atom is -0.480 e. The fourth-order valence-electron chi connectivity index (χ4n) is 1.68. The Balaban J connectivity index is 1.91. The summed E-state index contributed by atoms with van der Waals surface area (Å²) in [6, 6.07) is 12.5. The van der Waals surface area contributed by atoms with Gasteiger partial charge in [-0.3, -0.25) is 4.90 Å². The zero-order valence-corrected chi connectivity index (χ0v) is 10.9. The molecular weight excluding hydrogens is 232 g/mol. The number of methoxy groups -OCH3 is 1. The van der Waals surface area contributed by atoms with Gasteiger partial charge in [-0.2, -0.15) is 4.37 Å². The molecule has 0 bridgehead atoms. The van der Waals surface area contributed by atoms with Crippen molar-refractivity contribution in [1.29, 1.82) is 0 Å². The smallest absolute Gasteiger partial charge is 0.225 e. The molecule has 0 N–H and O–H groups in total. The van der Waals surface area contributed by atoms with Crippen LogP contribution in [0.25, 0.3) is 0 Å². The van der Waals surface area contributed by atoms with Crippen molar-refractivity contribution in [1.82, 2.24) is 9.27 Å². The third-order valence-corrected chi connectivity index (χ3v) is 3.22. The average Bonchev–Trinajstić information content (AvgIpc) is 2.78. The van der Waals surface area contributed by atoms with Crippen molar-refractivity contribution in [3.05, 3.63) is 46.8 Å². The summed E-state index contributed by atoms with van der Waals surface area (Å²) in [7, 11) is 3.76. The second-order valence-electron chi connectivity index (χ2n) is 3.99. The van der Waals surface area contributed by atoms with Gasteiger partial charge in [0.15, 0.2) is 0 Å². The van der Waals surface area contributed by atoms with Crippen LogP contribution in [0.2, 0.25) is 0 Å². The molecule has 0 saturated carbocycles. The normalized spacial score (nSPS) is 10.8. The van der Waals surface area contributed by atoms with Gasteiger partial charge in [-0.15, -0.1) is 0 Å². The first-order valence-electron chi connectivity index (χ1n) is 5.50. The van der Waals surface area contributed by atoms with Crippen molar-refractivity contribution in [3.8, 4) is 5.88 Å². The van der Waals surface area contributed by atoms with E-state index in [0.29, 0.717) is 5.88 Å². The van der Waals surface area contributed by atoms with Crippen molar-refractivity contribution in [2.24, 2.45) is 0 Å². The van der Waals surface area contributed by atoms with Gasteiger partial charge in [0.25, 0.3) is 0 Å².